The molecule has 0 radical (unpaired) electrons. The van der Waals surface area contributed by atoms with Crippen molar-refractivity contribution in [1.29, 1.82) is 0 Å². The van der Waals surface area contributed by atoms with Crippen molar-refractivity contribution in [2.45, 2.75) is 58.1 Å². The van der Waals surface area contributed by atoms with Crippen LogP contribution < -0.4 is 5.73 Å². The maximum Gasteiger partial charge on any atom is 0.226 e. The van der Waals surface area contributed by atoms with Gasteiger partial charge in [-0.3, -0.25) is 4.79 Å². The third-order valence-electron chi connectivity index (χ3n) is 5.21. The van der Waals surface area contributed by atoms with Gasteiger partial charge in [0.2, 0.25) is 5.91 Å². The Kier molecular flexibility index (Phi) is 4.85. The van der Waals surface area contributed by atoms with Gasteiger partial charge in [0.1, 0.15) is 0 Å². The molecule has 1 aliphatic carbocycles. The van der Waals surface area contributed by atoms with Crippen LogP contribution in [0.15, 0.2) is 0 Å². The Morgan fingerprint density at radius 3 is 2.47 bits per heavy atom. The molecule has 3 N–H and O–H groups in total. The lowest BCUT2D eigenvalue weighted by atomic mass is 9.76. The third kappa shape index (κ3) is 3.29. The van der Waals surface area contributed by atoms with Crippen molar-refractivity contribution in [3.8, 4) is 0 Å². The van der Waals surface area contributed by atoms with Crippen LogP contribution in [-0.2, 0) is 4.79 Å². The summed E-state index contributed by atoms with van der Waals surface area (Å²) in [4.78, 5) is 14.6. The smallest absolute Gasteiger partial charge is 0.226 e. The van der Waals surface area contributed by atoms with E-state index in [0.29, 0.717) is 17.7 Å². The number of carbonyl (C=O) groups excluding carboxylic acids is 1. The first-order valence-corrected chi connectivity index (χ1v) is 7.73. The Bertz CT molecular complexity index is 311. The highest BCUT2D eigenvalue weighted by atomic mass is 16.3. The van der Waals surface area contributed by atoms with Gasteiger partial charge in [-0.05, 0) is 44.4 Å². The average molecular weight is 268 g/mol. The van der Waals surface area contributed by atoms with Crippen molar-refractivity contribution in [2.24, 2.45) is 23.5 Å². The van der Waals surface area contributed by atoms with Crippen molar-refractivity contribution in [2.75, 3.05) is 13.1 Å². The maximum atomic E-state index is 12.6. The zero-order valence-corrected chi connectivity index (χ0v) is 12.2. The molecule has 0 aromatic rings. The zero-order valence-electron chi connectivity index (χ0n) is 12.2. The van der Waals surface area contributed by atoms with Crippen molar-refractivity contribution < 1.29 is 9.90 Å². The van der Waals surface area contributed by atoms with E-state index >= 15 is 0 Å². The molecule has 19 heavy (non-hydrogen) atoms. The summed E-state index contributed by atoms with van der Waals surface area (Å²) in [5.74, 6) is 1.07. The molecule has 0 spiro atoms. The number of piperidine rings is 1. The Labute approximate surface area is 116 Å². The van der Waals surface area contributed by atoms with Gasteiger partial charge in [-0.15, -0.1) is 0 Å². The van der Waals surface area contributed by atoms with E-state index in [-0.39, 0.29) is 18.1 Å². The van der Waals surface area contributed by atoms with E-state index < -0.39 is 0 Å². The third-order valence-corrected chi connectivity index (χ3v) is 5.21. The molecule has 1 aliphatic heterocycles. The number of rotatable bonds is 2. The minimum atomic E-state index is -0.251. The second-order valence-corrected chi connectivity index (χ2v) is 6.46. The van der Waals surface area contributed by atoms with Gasteiger partial charge in [-0.1, -0.05) is 13.3 Å². The number of nitrogens with zero attached hydrogens (tertiary/aromatic N) is 1. The van der Waals surface area contributed by atoms with Crippen molar-refractivity contribution in [1.82, 2.24) is 4.90 Å². The second-order valence-electron chi connectivity index (χ2n) is 6.46. The highest BCUT2D eigenvalue weighted by Crippen LogP contribution is 2.32. The normalized spacial score (nSPS) is 35.2. The Balaban J connectivity index is 1.90. The molecule has 1 saturated heterocycles. The first-order valence-electron chi connectivity index (χ1n) is 7.73. The molecule has 4 nitrogen and oxygen atoms in total. The van der Waals surface area contributed by atoms with Gasteiger partial charge in [0.15, 0.2) is 0 Å². The van der Waals surface area contributed by atoms with E-state index in [1.54, 1.807) is 0 Å². The molecule has 2 fully saturated rings. The summed E-state index contributed by atoms with van der Waals surface area (Å²) in [6.07, 6.45) is 4.72. The van der Waals surface area contributed by atoms with Gasteiger partial charge in [0.25, 0.3) is 0 Å². The summed E-state index contributed by atoms with van der Waals surface area (Å²) in [7, 11) is 0. The van der Waals surface area contributed by atoms with Gasteiger partial charge in [0.05, 0.1) is 6.10 Å². The Hall–Kier alpha value is -0.610. The number of nitrogens with two attached hydrogens (primary N) is 1. The van der Waals surface area contributed by atoms with E-state index in [2.05, 4.69) is 6.92 Å². The quantitative estimate of drug-likeness (QED) is 0.795. The van der Waals surface area contributed by atoms with E-state index in [1.807, 2.05) is 11.8 Å². The number of aliphatic hydroxyl groups excluding tert-OH is 1. The van der Waals surface area contributed by atoms with Crippen LogP contribution in [0.5, 0.6) is 0 Å². The Morgan fingerprint density at radius 2 is 1.89 bits per heavy atom. The molecule has 0 aromatic carbocycles. The number of aliphatic hydroxyl groups is 1. The number of amides is 1. The standard InChI is InChI=1S/C15H28N2O2/c1-10-13(4-3-5-14(10)16)15(19)17-8-6-12(7-9-17)11(2)18/h10-14,18H,3-9,16H2,1-2H3. The van der Waals surface area contributed by atoms with Crippen LogP contribution in [0.4, 0.5) is 0 Å². The van der Waals surface area contributed by atoms with Gasteiger partial charge < -0.3 is 15.7 Å². The molecule has 4 heteroatoms. The molecule has 2 aliphatic rings. The monoisotopic (exact) mass is 268 g/mol. The molecule has 4 unspecified atom stereocenters. The van der Waals surface area contributed by atoms with Gasteiger partial charge in [-0.25, -0.2) is 0 Å². The molecular formula is C15H28N2O2. The van der Waals surface area contributed by atoms with Crippen LogP contribution in [-0.4, -0.2) is 41.1 Å². The fourth-order valence-electron chi connectivity index (χ4n) is 3.58. The minimum Gasteiger partial charge on any atom is -0.393 e. The molecular weight excluding hydrogens is 240 g/mol. The van der Waals surface area contributed by atoms with Crippen LogP contribution in [0.2, 0.25) is 0 Å². The predicted molar refractivity (Wildman–Crippen MR) is 75.5 cm³/mol. The summed E-state index contributed by atoms with van der Waals surface area (Å²) in [5, 5.41) is 9.61. The molecule has 0 bridgehead atoms. The fourth-order valence-corrected chi connectivity index (χ4v) is 3.58. The summed E-state index contributed by atoms with van der Waals surface area (Å²) in [6.45, 7) is 5.57. The highest BCUT2D eigenvalue weighted by molar-refractivity contribution is 5.79. The molecule has 1 saturated carbocycles. The van der Waals surface area contributed by atoms with Crippen LogP contribution in [0.3, 0.4) is 0 Å². The summed E-state index contributed by atoms with van der Waals surface area (Å²) < 4.78 is 0. The molecule has 1 amide bonds. The maximum absolute atomic E-state index is 12.6. The van der Waals surface area contributed by atoms with E-state index in [9.17, 15) is 9.90 Å². The number of hydrogen-bond donors (Lipinski definition) is 2. The van der Waals surface area contributed by atoms with E-state index in [1.165, 1.54) is 0 Å². The molecule has 0 aromatic heterocycles. The minimum absolute atomic E-state index is 0.117. The van der Waals surface area contributed by atoms with Crippen LogP contribution in [0, 0.1) is 17.8 Å². The molecule has 110 valence electrons. The summed E-state index contributed by atoms with van der Waals surface area (Å²) >= 11 is 0. The van der Waals surface area contributed by atoms with E-state index in [4.69, 9.17) is 5.73 Å². The van der Waals surface area contributed by atoms with E-state index in [0.717, 1.165) is 45.2 Å². The number of hydrogen-bond acceptors (Lipinski definition) is 3. The lowest BCUT2D eigenvalue weighted by molar-refractivity contribution is -0.140. The summed E-state index contributed by atoms with van der Waals surface area (Å²) in [6, 6.07) is 0.178. The largest absolute Gasteiger partial charge is 0.393 e. The van der Waals surface area contributed by atoms with Gasteiger partial charge in [-0.2, -0.15) is 0 Å². The highest BCUT2D eigenvalue weighted by Gasteiger charge is 2.36. The fraction of sp³-hybridized carbons (Fsp3) is 0.933. The first-order chi connectivity index (χ1) is 9.00. The molecule has 2 rings (SSSR count). The second kappa shape index (κ2) is 6.23. The van der Waals surface area contributed by atoms with Crippen molar-refractivity contribution in [3.05, 3.63) is 0 Å². The van der Waals surface area contributed by atoms with Gasteiger partial charge in [0, 0.05) is 25.0 Å². The van der Waals surface area contributed by atoms with Crippen molar-refractivity contribution >= 4 is 5.91 Å². The van der Waals surface area contributed by atoms with Crippen LogP contribution in [0.1, 0.15) is 46.0 Å². The lowest BCUT2D eigenvalue weighted by Crippen LogP contribution is -2.48. The predicted octanol–water partition coefficient (Wildman–Crippen LogP) is 1.37. The van der Waals surface area contributed by atoms with Crippen LogP contribution >= 0.6 is 0 Å². The average Bonchev–Trinajstić information content (AvgIpc) is 2.41. The number of likely N-dealkylation sites (tertiary alicyclic amines) is 1. The molecule has 1 heterocycles. The lowest BCUT2D eigenvalue weighted by Gasteiger charge is -2.39. The molecule has 4 atom stereocenters. The van der Waals surface area contributed by atoms with Gasteiger partial charge >= 0.3 is 0 Å². The SMILES string of the molecule is CC(O)C1CCN(C(=O)C2CCCC(N)C2C)CC1. The summed E-state index contributed by atoms with van der Waals surface area (Å²) in [5.41, 5.74) is 6.09. The van der Waals surface area contributed by atoms with Crippen molar-refractivity contribution in [3.63, 3.8) is 0 Å². The number of carbonyl (C=O) groups is 1. The van der Waals surface area contributed by atoms with Crippen LogP contribution in [0.25, 0.3) is 0 Å². The topological polar surface area (TPSA) is 66.6 Å². The first kappa shape index (κ1) is 14.8. The zero-order chi connectivity index (χ0) is 14.0. The Morgan fingerprint density at radius 1 is 1.26 bits per heavy atom.